The first-order chi connectivity index (χ1) is 10.2. The Bertz CT molecular complexity index is 440. The van der Waals surface area contributed by atoms with Gasteiger partial charge in [0.2, 0.25) is 5.95 Å². The van der Waals surface area contributed by atoms with Gasteiger partial charge in [0, 0.05) is 83.9 Å². The lowest BCUT2D eigenvalue weighted by molar-refractivity contribution is 0.170. The van der Waals surface area contributed by atoms with Gasteiger partial charge in [-0.25, -0.2) is 9.97 Å². The molecule has 3 heterocycles. The summed E-state index contributed by atoms with van der Waals surface area (Å²) < 4.78 is 0. The zero-order valence-electron chi connectivity index (χ0n) is 13.1. The van der Waals surface area contributed by atoms with Gasteiger partial charge < -0.3 is 10.2 Å². The fourth-order valence-electron chi connectivity index (χ4n) is 3.22. The second-order valence-electron chi connectivity index (χ2n) is 6.25. The highest BCUT2D eigenvalue weighted by atomic mass is 15.3. The van der Waals surface area contributed by atoms with Crippen molar-refractivity contribution < 1.29 is 0 Å². The van der Waals surface area contributed by atoms with Crippen molar-refractivity contribution in [1.29, 1.82) is 0 Å². The van der Waals surface area contributed by atoms with Gasteiger partial charge >= 0.3 is 0 Å². The summed E-state index contributed by atoms with van der Waals surface area (Å²) in [6, 6.07) is 0.731. The molecule has 2 aliphatic heterocycles. The molecule has 116 valence electrons. The van der Waals surface area contributed by atoms with E-state index in [0.29, 0.717) is 0 Å². The summed E-state index contributed by atoms with van der Waals surface area (Å²) >= 11 is 0. The summed E-state index contributed by atoms with van der Waals surface area (Å²) in [7, 11) is 3.93. The molecule has 1 aromatic heterocycles. The molecule has 6 nitrogen and oxygen atoms in total. The van der Waals surface area contributed by atoms with Crippen LogP contribution in [-0.4, -0.2) is 79.2 Å². The second-order valence-corrected chi connectivity index (χ2v) is 6.25. The Morgan fingerprint density at radius 1 is 1.19 bits per heavy atom. The third-order valence-corrected chi connectivity index (χ3v) is 4.41. The number of aromatic nitrogens is 2. The van der Waals surface area contributed by atoms with E-state index in [0.717, 1.165) is 31.6 Å². The molecule has 3 rings (SSSR count). The Hall–Kier alpha value is -1.24. The first-order valence-corrected chi connectivity index (χ1v) is 7.88. The maximum Gasteiger partial charge on any atom is 0.224 e. The minimum absolute atomic E-state index is 0.731. The van der Waals surface area contributed by atoms with E-state index in [1.54, 1.807) is 0 Å². The van der Waals surface area contributed by atoms with Crippen LogP contribution in [0, 0.1) is 0 Å². The van der Waals surface area contributed by atoms with Crippen molar-refractivity contribution in [1.82, 2.24) is 25.1 Å². The monoisotopic (exact) mass is 290 g/mol. The molecular formula is C15H26N6. The summed E-state index contributed by atoms with van der Waals surface area (Å²) in [6.07, 6.45) is 5.21. The van der Waals surface area contributed by atoms with E-state index in [4.69, 9.17) is 0 Å². The van der Waals surface area contributed by atoms with Crippen molar-refractivity contribution in [3.05, 3.63) is 18.0 Å². The SMILES string of the molecule is CN(C)c1ncc(CN2CCC(N3CCNCC3)C2)cn1. The van der Waals surface area contributed by atoms with Crippen LogP contribution in [0.25, 0.3) is 0 Å². The standard InChI is InChI=1S/C15H26N6/c1-19(2)15-17-9-13(10-18-15)11-20-6-3-14(12-20)21-7-4-16-5-8-21/h9-10,14,16H,3-8,11-12H2,1-2H3. The average molecular weight is 290 g/mol. The highest BCUT2D eigenvalue weighted by Crippen LogP contribution is 2.18. The van der Waals surface area contributed by atoms with Crippen molar-refractivity contribution in [3.8, 4) is 0 Å². The van der Waals surface area contributed by atoms with E-state index >= 15 is 0 Å². The van der Waals surface area contributed by atoms with E-state index in [2.05, 4.69) is 25.1 Å². The maximum atomic E-state index is 4.40. The molecule has 6 heteroatoms. The molecule has 0 radical (unpaired) electrons. The first kappa shape index (κ1) is 14.7. The predicted molar refractivity (Wildman–Crippen MR) is 84.5 cm³/mol. The van der Waals surface area contributed by atoms with Crippen LogP contribution in [0.5, 0.6) is 0 Å². The molecule has 2 aliphatic rings. The Kier molecular flexibility index (Phi) is 4.67. The second kappa shape index (κ2) is 6.68. The van der Waals surface area contributed by atoms with Crippen LogP contribution in [-0.2, 0) is 6.54 Å². The minimum Gasteiger partial charge on any atom is -0.347 e. The number of hydrogen-bond donors (Lipinski definition) is 1. The van der Waals surface area contributed by atoms with Crippen molar-refractivity contribution in [3.63, 3.8) is 0 Å². The van der Waals surface area contributed by atoms with Crippen LogP contribution in [0.15, 0.2) is 12.4 Å². The molecule has 0 amide bonds. The van der Waals surface area contributed by atoms with Crippen LogP contribution in [0.3, 0.4) is 0 Å². The van der Waals surface area contributed by atoms with Crippen LogP contribution in [0.4, 0.5) is 5.95 Å². The van der Waals surface area contributed by atoms with Gasteiger partial charge in [0.25, 0.3) is 0 Å². The van der Waals surface area contributed by atoms with E-state index in [-0.39, 0.29) is 0 Å². The van der Waals surface area contributed by atoms with E-state index in [1.165, 1.54) is 38.2 Å². The zero-order chi connectivity index (χ0) is 14.7. The summed E-state index contributed by atoms with van der Waals surface area (Å²) in [4.78, 5) is 15.9. The number of hydrogen-bond acceptors (Lipinski definition) is 6. The molecule has 0 spiro atoms. The summed E-state index contributed by atoms with van der Waals surface area (Å²) in [5.41, 5.74) is 1.21. The van der Waals surface area contributed by atoms with E-state index < -0.39 is 0 Å². The highest BCUT2D eigenvalue weighted by molar-refractivity contribution is 5.26. The van der Waals surface area contributed by atoms with Gasteiger partial charge in [-0.1, -0.05) is 0 Å². The third-order valence-electron chi connectivity index (χ3n) is 4.41. The smallest absolute Gasteiger partial charge is 0.224 e. The Morgan fingerprint density at radius 3 is 2.57 bits per heavy atom. The molecule has 0 aliphatic carbocycles. The van der Waals surface area contributed by atoms with E-state index in [9.17, 15) is 0 Å². The number of nitrogens with zero attached hydrogens (tertiary/aromatic N) is 5. The van der Waals surface area contributed by atoms with Gasteiger partial charge in [-0.05, 0) is 6.42 Å². The van der Waals surface area contributed by atoms with Crippen molar-refractivity contribution in [2.24, 2.45) is 0 Å². The quantitative estimate of drug-likeness (QED) is 0.844. The Labute approximate surface area is 127 Å². The normalized spacial score (nSPS) is 24.4. The number of likely N-dealkylation sites (tertiary alicyclic amines) is 1. The van der Waals surface area contributed by atoms with Crippen LogP contribution in [0.1, 0.15) is 12.0 Å². The molecule has 1 unspecified atom stereocenters. The lowest BCUT2D eigenvalue weighted by atomic mass is 10.2. The maximum absolute atomic E-state index is 4.40. The van der Waals surface area contributed by atoms with Gasteiger partial charge in [0.05, 0.1) is 0 Å². The summed E-state index contributed by atoms with van der Waals surface area (Å²) in [6.45, 7) is 7.99. The van der Waals surface area contributed by atoms with Crippen molar-refractivity contribution in [2.45, 2.75) is 19.0 Å². The number of piperazine rings is 1. The summed E-state index contributed by atoms with van der Waals surface area (Å²) in [5, 5.41) is 3.43. The van der Waals surface area contributed by atoms with Crippen molar-refractivity contribution in [2.75, 3.05) is 58.3 Å². The fraction of sp³-hybridized carbons (Fsp3) is 0.733. The molecule has 1 N–H and O–H groups in total. The average Bonchev–Trinajstić information content (AvgIpc) is 2.97. The minimum atomic E-state index is 0.731. The largest absolute Gasteiger partial charge is 0.347 e. The fourth-order valence-corrected chi connectivity index (χ4v) is 3.22. The van der Waals surface area contributed by atoms with Gasteiger partial charge in [0.1, 0.15) is 0 Å². The van der Waals surface area contributed by atoms with Gasteiger partial charge in [-0.2, -0.15) is 0 Å². The van der Waals surface area contributed by atoms with Gasteiger partial charge in [-0.3, -0.25) is 9.80 Å². The van der Waals surface area contributed by atoms with Crippen LogP contribution in [0.2, 0.25) is 0 Å². The number of nitrogens with one attached hydrogen (secondary N) is 1. The van der Waals surface area contributed by atoms with Crippen LogP contribution < -0.4 is 10.2 Å². The Morgan fingerprint density at radius 2 is 1.90 bits per heavy atom. The zero-order valence-corrected chi connectivity index (χ0v) is 13.1. The lowest BCUT2D eigenvalue weighted by Gasteiger charge is -2.32. The molecule has 0 bridgehead atoms. The van der Waals surface area contributed by atoms with Crippen molar-refractivity contribution >= 4 is 5.95 Å². The molecule has 0 saturated carbocycles. The topological polar surface area (TPSA) is 47.5 Å². The van der Waals surface area contributed by atoms with E-state index in [1.807, 2.05) is 31.4 Å². The van der Waals surface area contributed by atoms with Gasteiger partial charge in [-0.15, -0.1) is 0 Å². The molecule has 2 saturated heterocycles. The molecule has 0 aromatic carbocycles. The molecular weight excluding hydrogens is 264 g/mol. The molecule has 21 heavy (non-hydrogen) atoms. The number of anilines is 1. The summed E-state index contributed by atoms with van der Waals surface area (Å²) in [5.74, 6) is 0.777. The molecule has 2 fully saturated rings. The highest BCUT2D eigenvalue weighted by Gasteiger charge is 2.28. The van der Waals surface area contributed by atoms with Crippen LogP contribution >= 0.6 is 0 Å². The lowest BCUT2D eigenvalue weighted by Crippen LogP contribution is -2.49. The number of rotatable bonds is 4. The first-order valence-electron chi connectivity index (χ1n) is 7.88. The Balaban J connectivity index is 1.52. The molecule has 1 aromatic rings. The third kappa shape index (κ3) is 3.70. The predicted octanol–water partition coefficient (Wildman–Crippen LogP) is 0.0221. The molecule has 1 atom stereocenters. The van der Waals surface area contributed by atoms with Gasteiger partial charge in [0.15, 0.2) is 0 Å².